The number of nitrogens with two attached hydrogens (primary N) is 1. The Balaban J connectivity index is 2.04. The van der Waals surface area contributed by atoms with Crippen molar-refractivity contribution in [1.82, 2.24) is 10.1 Å². The van der Waals surface area contributed by atoms with Crippen LogP contribution < -0.4 is 5.73 Å². The first-order valence-electron chi connectivity index (χ1n) is 7.43. The van der Waals surface area contributed by atoms with Crippen LogP contribution >= 0.6 is 15.9 Å². The molecule has 1 heterocycles. The predicted octanol–water partition coefficient (Wildman–Crippen LogP) is 4.12. The third-order valence-corrected chi connectivity index (χ3v) is 4.41. The summed E-state index contributed by atoms with van der Waals surface area (Å²) >= 11 is 3.55. The molecule has 2 rings (SSSR count). The van der Waals surface area contributed by atoms with Crippen LogP contribution in [0.15, 0.2) is 27.2 Å². The van der Waals surface area contributed by atoms with Crippen LogP contribution in [0.25, 0.3) is 11.4 Å². The molecule has 4 nitrogen and oxygen atoms in total. The SMILES string of the molecule is CCC(CCN)CCc1nc(-c2ccc(C)cc2Br)no1. The molecular formula is C16H22BrN3O. The number of aryl methyl sites for hydroxylation is 2. The van der Waals surface area contributed by atoms with Gasteiger partial charge in [0.15, 0.2) is 0 Å². The minimum Gasteiger partial charge on any atom is -0.339 e. The zero-order valence-electron chi connectivity index (χ0n) is 12.6. The molecule has 0 saturated heterocycles. The van der Waals surface area contributed by atoms with Crippen molar-refractivity contribution in [3.63, 3.8) is 0 Å². The van der Waals surface area contributed by atoms with Gasteiger partial charge in [-0.05, 0) is 49.9 Å². The van der Waals surface area contributed by atoms with Gasteiger partial charge in [-0.3, -0.25) is 0 Å². The Bertz CT molecular complexity index is 583. The lowest BCUT2D eigenvalue weighted by Gasteiger charge is -2.11. The van der Waals surface area contributed by atoms with Crippen LogP contribution in [0.5, 0.6) is 0 Å². The second kappa shape index (κ2) is 7.71. The Kier molecular flexibility index (Phi) is 5.94. The van der Waals surface area contributed by atoms with E-state index >= 15 is 0 Å². The van der Waals surface area contributed by atoms with Crippen LogP contribution in [-0.2, 0) is 6.42 Å². The third-order valence-electron chi connectivity index (χ3n) is 3.75. The standard InChI is InChI=1S/C16H22BrN3O/c1-3-12(8-9-18)5-7-15-19-16(20-21-15)13-6-4-11(2)10-14(13)17/h4,6,10,12H,3,5,7-9,18H2,1-2H3. The zero-order valence-corrected chi connectivity index (χ0v) is 14.2. The maximum atomic E-state index is 5.63. The molecule has 0 aliphatic carbocycles. The molecule has 0 amide bonds. The van der Waals surface area contributed by atoms with E-state index in [1.165, 1.54) is 5.56 Å². The van der Waals surface area contributed by atoms with Gasteiger partial charge in [0.2, 0.25) is 11.7 Å². The average molecular weight is 352 g/mol. The van der Waals surface area contributed by atoms with Crippen LogP contribution in [0.1, 0.15) is 37.6 Å². The molecule has 0 spiro atoms. The van der Waals surface area contributed by atoms with Crippen molar-refractivity contribution in [2.24, 2.45) is 11.7 Å². The van der Waals surface area contributed by atoms with Gasteiger partial charge in [0.25, 0.3) is 0 Å². The highest BCUT2D eigenvalue weighted by atomic mass is 79.9. The Morgan fingerprint density at radius 1 is 1.33 bits per heavy atom. The molecule has 114 valence electrons. The minimum atomic E-state index is 0.636. The zero-order chi connectivity index (χ0) is 15.2. The van der Waals surface area contributed by atoms with Gasteiger partial charge in [0, 0.05) is 16.5 Å². The molecule has 1 aromatic carbocycles. The van der Waals surface area contributed by atoms with E-state index in [2.05, 4.69) is 46.0 Å². The highest BCUT2D eigenvalue weighted by molar-refractivity contribution is 9.10. The van der Waals surface area contributed by atoms with E-state index in [1.807, 2.05) is 12.1 Å². The largest absolute Gasteiger partial charge is 0.339 e. The minimum absolute atomic E-state index is 0.636. The van der Waals surface area contributed by atoms with E-state index in [9.17, 15) is 0 Å². The summed E-state index contributed by atoms with van der Waals surface area (Å²) in [5.41, 5.74) is 7.79. The van der Waals surface area contributed by atoms with Crippen LogP contribution in [0.4, 0.5) is 0 Å². The fraction of sp³-hybridized carbons (Fsp3) is 0.500. The van der Waals surface area contributed by atoms with Crippen molar-refractivity contribution in [2.75, 3.05) is 6.54 Å². The number of aromatic nitrogens is 2. The molecule has 1 aromatic heterocycles. The fourth-order valence-electron chi connectivity index (χ4n) is 2.38. The molecule has 0 radical (unpaired) electrons. The lowest BCUT2D eigenvalue weighted by atomic mass is 9.97. The second-order valence-electron chi connectivity index (χ2n) is 5.39. The number of nitrogens with zero attached hydrogens (tertiary/aromatic N) is 2. The van der Waals surface area contributed by atoms with Crippen molar-refractivity contribution in [2.45, 2.75) is 39.5 Å². The van der Waals surface area contributed by atoms with Gasteiger partial charge in [-0.2, -0.15) is 4.98 Å². The van der Waals surface area contributed by atoms with Gasteiger partial charge in [-0.15, -0.1) is 0 Å². The number of hydrogen-bond acceptors (Lipinski definition) is 4. The summed E-state index contributed by atoms with van der Waals surface area (Å²) in [7, 11) is 0. The van der Waals surface area contributed by atoms with Gasteiger partial charge < -0.3 is 10.3 Å². The van der Waals surface area contributed by atoms with E-state index in [4.69, 9.17) is 10.3 Å². The van der Waals surface area contributed by atoms with Gasteiger partial charge in [0.1, 0.15) is 0 Å². The molecule has 0 aliphatic rings. The number of halogens is 1. The molecule has 0 saturated carbocycles. The predicted molar refractivity (Wildman–Crippen MR) is 87.9 cm³/mol. The topological polar surface area (TPSA) is 64.9 Å². The van der Waals surface area contributed by atoms with Crippen LogP contribution in [-0.4, -0.2) is 16.7 Å². The Labute approximate surface area is 134 Å². The van der Waals surface area contributed by atoms with Crippen molar-refractivity contribution >= 4 is 15.9 Å². The molecule has 0 aliphatic heterocycles. The van der Waals surface area contributed by atoms with Crippen molar-refractivity contribution in [3.05, 3.63) is 34.1 Å². The lowest BCUT2D eigenvalue weighted by Crippen LogP contribution is -2.09. The first kappa shape index (κ1) is 16.2. The molecular weight excluding hydrogens is 330 g/mol. The van der Waals surface area contributed by atoms with Crippen molar-refractivity contribution in [1.29, 1.82) is 0 Å². The third kappa shape index (κ3) is 4.38. The quantitative estimate of drug-likeness (QED) is 0.814. The fourth-order valence-corrected chi connectivity index (χ4v) is 3.05. The second-order valence-corrected chi connectivity index (χ2v) is 6.24. The van der Waals surface area contributed by atoms with Gasteiger partial charge in [-0.1, -0.05) is 40.5 Å². The molecule has 1 atom stereocenters. The molecule has 0 fully saturated rings. The number of rotatable bonds is 7. The van der Waals surface area contributed by atoms with Gasteiger partial charge in [0.05, 0.1) is 0 Å². The Hall–Kier alpha value is -1.20. The Morgan fingerprint density at radius 2 is 2.14 bits per heavy atom. The molecule has 0 bridgehead atoms. The van der Waals surface area contributed by atoms with E-state index in [-0.39, 0.29) is 0 Å². The van der Waals surface area contributed by atoms with Crippen molar-refractivity contribution < 1.29 is 4.52 Å². The van der Waals surface area contributed by atoms with E-state index in [1.54, 1.807) is 0 Å². The van der Waals surface area contributed by atoms with Crippen LogP contribution in [0.2, 0.25) is 0 Å². The molecule has 5 heteroatoms. The van der Waals surface area contributed by atoms with E-state index in [0.29, 0.717) is 17.6 Å². The van der Waals surface area contributed by atoms with E-state index in [0.717, 1.165) is 42.3 Å². The van der Waals surface area contributed by atoms with Crippen LogP contribution in [0, 0.1) is 12.8 Å². The first-order valence-corrected chi connectivity index (χ1v) is 8.22. The molecule has 21 heavy (non-hydrogen) atoms. The lowest BCUT2D eigenvalue weighted by molar-refractivity contribution is 0.354. The van der Waals surface area contributed by atoms with Crippen molar-refractivity contribution in [3.8, 4) is 11.4 Å². The monoisotopic (exact) mass is 351 g/mol. The summed E-state index contributed by atoms with van der Waals surface area (Å²) in [5, 5.41) is 4.09. The van der Waals surface area contributed by atoms with Crippen LogP contribution in [0.3, 0.4) is 0 Å². The van der Waals surface area contributed by atoms with Gasteiger partial charge >= 0.3 is 0 Å². The maximum Gasteiger partial charge on any atom is 0.226 e. The molecule has 1 unspecified atom stereocenters. The molecule has 2 aromatic rings. The summed E-state index contributed by atoms with van der Waals surface area (Å²) in [5.74, 6) is 1.98. The number of hydrogen-bond donors (Lipinski definition) is 1. The molecule has 2 N–H and O–H groups in total. The summed E-state index contributed by atoms with van der Waals surface area (Å²) in [6.45, 7) is 4.99. The highest BCUT2D eigenvalue weighted by Gasteiger charge is 2.13. The average Bonchev–Trinajstić information content (AvgIpc) is 2.92. The highest BCUT2D eigenvalue weighted by Crippen LogP contribution is 2.27. The normalized spacial score (nSPS) is 12.6. The Morgan fingerprint density at radius 3 is 2.81 bits per heavy atom. The summed E-state index contributed by atoms with van der Waals surface area (Å²) in [4.78, 5) is 4.50. The van der Waals surface area contributed by atoms with Gasteiger partial charge in [-0.25, -0.2) is 0 Å². The summed E-state index contributed by atoms with van der Waals surface area (Å²) < 4.78 is 6.35. The maximum absolute atomic E-state index is 5.63. The first-order chi connectivity index (χ1) is 10.1. The summed E-state index contributed by atoms with van der Waals surface area (Å²) in [6, 6.07) is 6.11. The van der Waals surface area contributed by atoms with E-state index < -0.39 is 0 Å². The smallest absolute Gasteiger partial charge is 0.226 e. The number of benzene rings is 1. The summed E-state index contributed by atoms with van der Waals surface area (Å²) in [6.07, 6.45) is 4.06.